The number of rotatable bonds is 5. The van der Waals surface area contributed by atoms with Gasteiger partial charge >= 0.3 is 0 Å². The Bertz CT molecular complexity index is 512. The molecule has 0 atom stereocenters. The molecule has 1 heterocycles. The van der Waals surface area contributed by atoms with E-state index in [-0.39, 0.29) is 16.9 Å². The fraction of sp³-hybridized carbons (Fsp3) is 0.727. The summed E-state index contributed by atoms with van der Waals surface area (Å²) in [5.74, 6) is 0.565. The normalized spacial score (nSPS) is 16.7. The van der Waals surface area contributed by atoms with Crippen LogP contribution in [0.3, 0.4) is 0 Å². The van der Waals surface area contributed by atoms with Crippen molar-refractivity contribution in [2.45, 2.75) is 37.8 Å². The van der Waals surface area contributed by atoms with Gasteiger partial charge in [-0.15, -0.1) is 0 Å². The smallest absolute Gasteiger partial charge is 0.262 e. The van der Waals surface area contributed by atoms with Crippen LogP contribution in [0.15, 0.2) is 11.4 Å². The van der Waals surface area contributed by atoms with Gasteiger partial charge in [-0.05, 0) is 32.6 Å². The first-order valence-electron chi connectivity index (χ1n) is 6.12. The second-order valence-electron chi connectivity index (χ2n) is 5.16. The van der Waals surface area contributed by atoms with Crippen LogP contribution in [-0.4, -0.2) is 34.9 Å². The molecule has 7 heteroatoms. The minimum atomic E-state index is -3.56. The van der Waals surface area contributed by atoms with Gasteiger partial charge in [0, 0.05) is 19.6 Å². The standard InChI is InChI=1S/C11H20N4O2S/c1-8(2)15(6-9-4-5-9)18(16,17)11-10(12)13-7-14(11)3/h7-9H,4-6,12H2,1-3H3. The van der Waals surface area contributed by atoms with E-state index >= 15 is 0 Å². The summed E-state index contributed by atoms with van der Waals surface area (Å²) in [5.41, 5.74) is 5.67. The molecule has 6 nitrogen and oxygen atoms in total. The van der Waals surface area contributed by atoms with Crippen LogP contribution in [0.5, 0.6) is 0 Å². The van der Waals surface area contributed by atoms with Crippen LogP contribution >= 0.6 is 0 Å². The molecule has 0 amide bonds. The predicted molar refractivity (Wildman–Crippen MR) is 69.4 cm³/mol. The monoisotopic (exact) mass is 272 g/mol. The zero-order valence-electron chi connectivity index (χ0n) is 11.0. The van der Waals surface area contributed by atoms with Gasteiger partial charge in [0.25, 0.3) is 10.0 Å². The summed E-state index contributed by atoms with van der Waals surface area (Å²) in [6, 6.07) is -0.0788. The zero-order chi connectivity index (χ0) is 13.5. The van der Waals surface area contributed by atoms with Gasteiger partial charge in [-0.2, -0.15) is 4.31 Å². The molecule has 1 aromatic rings. The summed E-state index contributed by atoms with van der Waals surface area (Å²) in [6.45, 7) is 4.34. The summed E-state index contributed by atoms with van der Waals surface area (Å²) in [5, 5.41) is 0.0943. The fourth-order valence-electron chi connectivity index (χ4n) is 2.00. The Labute approximate surface area is 108 Å². The molecule has 1 saturated carbocycles. The van der Waals surface area contributed by atoms with Crippen molar-refractivity contribution < 1.29 is 8.42 Å². The van der Waals surface area contributed by atoms with E-state index in [1.54, 1.807) is 7.05 Å². The number of nitrogens with zero attached hydrogens (tertiary/aromatic N) is 3. The number of hydrogen-bond donors (Lipinski definition) is 1. The number of sulfonamides is 1. The quantitative estimate of drug-likeness (QED) is 0.860. The molecule has 102 valence electrons. The molecule has 0 bridgehead atoms. The van der Waals surface area contributed by atoms with Gasteiger partial charge in [-0.25, -0.2) is 13.4 Å². The van der Waals surface area contributed by atoms with E-state index in [4.69, 9.17) is 5.73 Å². The number of nitrogens with two attached hydrogens (primary N) is 1. The Hall–Kier alpha value is -1.08. The molecule has 0 aromatic carbocycles. The minimum Gasteiger partial charge on any atom is -0.381 e. The third kappa shape index (κ3) is 2.37. The molecule has 0 aliphatic heterocycles. The van der Waals surface area contributed by atoms with E-state index < -0.39 is 10.0 Å². The topological polar surface area (TPSA) is 81.2 Å². The van der Waals surface area contributed by atoms with Crippen molar-refractivity contribution in [3.8, 4) is 0 Å². The lowest BCUT2D eigenvalue weighted by molar-refractivity contribution is 0.339. The van der Waals surface area contributed by atoms with Gasteiger partial charge in [0.15, 0.2) is 10.8 Å². The highest BCUT2D eigenvalue weighted by Crippen LogP contribution is 2.33. The highest BCUT2D eigenvalue weighted by Gasteiger charge is 2.36. The molecule has 0 radical (unpaired) electrons. The van der Waals surface area contributed by atoms with E-state index in [0.717, 1.165) is 12.8 Å². The molecule has 0 saturated heterocycles. The van der Waals surface area contributed by atoms with Gasteiger partial charge in [-0.1, -0.05) is 0 Å². The van der Waals surface area contributed by atoms with Gasteiger partial charge in [0.2, 0.25) is 0 Å². The second-order valence-corrected chi connectivity index (χ2v) is 6.96. The van der Waals surface area contributed by atoms with Crippen LogP contribution < -0.4 is 5.73 Å². The van der Waals surface area contributed by atoms with Crippen molar-refractivity contribution in [2.75, 3.05) is 12.3 Å². The molecule has 18 heavy (non-hydrogen) atoms. The van der Waals surface area contributed by atoms with E-state index in [1.165, 1.54) is 15.2 Å². The van der Waals surface area contributed by atoms with E-state index in [1.807, 2.05) is 13.8 Å². The van der Waals surface area contributed by atoms with Gasteiger partial charge in [0.1, 0.15) is 0 Å². The molecule has 1 aromatic heterocycles. The SMILES string of the molecule is CC(C)N(CC1CC1)S(=O)(=O)c1c(N)ncn1C. The first-order valence-corrected chi connectivity index (χ1v) is 7.56. The van der Waals surface area contributed by atoms with Crippen LogP contribution in [-0.2, 0) is 17.1 Å². The lowest BCUT2D eigenvalue weighted by Crippen LogP contribution is -2.39. The van der Waals surface area contributed by atoms with Crippen LogP contribution in [0.4, 0.5) is 5.82 Å². The molecule has 1 aliphatic rings. The molecule has 2 rings (SSSR count). The maximum absolute atomic E-state index is 12.6. The lowest BCUT2D eigenvalue weighted by Gasteiger charge is -2.25. The number of hydrogen-bond acceptors (Lipinski definition) is 4. The van der Waals surface area contributed by atoms with Crippen molar-refractivity contribution in [3.63, 3.8) is 0 Å². The third-order valence-corrected chi connectivity index (χ3v) is 5.35. The Morgan fingerprint density at radius 2 is 2.17 bits per heavy atom. The second kappa shape index (κ2) is 4.55. The minimum absolute atomic E-state index is 0.0685. The highest BCUT2D eigenvalue weighted by molar-refractivity contribution is 7.89. The third-order valence-electron chi connectivity index (χ3n) is 3.17. The molecule has 1 aliphatic carbocycles. The first-order chi connectivity index (χ1) is 8.34. The van der Waals surface area contributed by atoms with Crippen molar-refractivity contribution in [2.24, 2.45) is 13.0 Å². The number of aromatic nitrogens is 2. The maximum Gasteiger partial charge on any atom is 0.262 e. The largest absolute Gasteiger partial charge is 0.381 e. The van der Waals surface area contributed by atoms with Crippen LogP contribution in [0.1, 0.15) is 26.7 Å². The van der Waals surface area contributed by atoms with Gasteiger partial charge in [-0.3, -0.25) is 0 Å². The van der Waals surface area contributed by atoms with Crippen molar-refractivity contribution in [3.05, 3.63) is 6.33 Å². The molecular formula is C11H20N4O2S. The summed E-state index contributed by atoms with van der Waals surface area (Å²) in [6.07, 6.45) is 3.65. The molecule has 1 fully saturated rings. The van der Waals surface area contributed by atoms with E-state index in [2.05, 4.69) is 4.98 Å². The Balaban J connectivity index is 2.38. The summed E-state index contributed by atoms with van der Waals surface area (Å²) < 4.78 is 28.2. The fourth-order valence-corrected chi connectivity index (χ4v) is 3.92. The summed E-state index contributed by atoms with van der Waals surface area (Å²) >= 11 is 0. The van der Waals surface area contributed by atoms with Crippen molar-refractivity contribution in [1.29, 1.82) is 0 Å². The van der Waals surface area contributed by atoms with E-state index in [9.17, 15) is 8.42 Å². The number of nitrogen functional groups attached to an aromatic ring is 1. The number of anilines is 1. The average molecular weight is 272 g/mol. The Morgan fingerprint density at radius 1 is 1.56 bits per heavy atom. The van der Waals surface area contributed by atoms with Crippen LogP contribution in [0, 0.1) is 5.92 Å². The number of aryl methyl sites for hydroxylation is 1. The van der Waals surface area contributed by atoms with Crippen molar-refractivity contribution >= 4 is 15.8 Å². The predicted octanol–water partition coefficient (Wildman–Crippen LogP) is 0.811. The number of imidazole rings is 1. The van der Waals surface area contributed by atoms with Crippen molar-refractivity contribution in [1.82, 2.24) is 13.9 Å². The van der Waals surface area contributed by atoms with Crippen LogP contribution in [0.25, 0.3) is 0 Å². The lowest BCUT2D eigenvalue weighted by atomic mass is 10.3. The maximum atomic E-state index is 12.6. The Morgan fingerprint density at radius 3 is 2.56 bits per heavy atom. The van der Waals surface area contributed by atoms with Crippen LogP contribution in [0.2, 0.25) is 0 Å². The zero-order valence-corrected chi connectivity index (χ0v) is 11.8. The van der Waals surface area contributed by atoms with Gasteiger partial charge < -0.3 is 10.3 Å². The highest BCUT2D eigenvalue weighted by atomic mass is 32.2. The average Bonchev–Trinajstić information content (AvgIpc) is 3.00. The van der Waals surface area contributed by atoms with Gasteiger partial charge in [0.05, 0.1) is 6.33 Å². The summed E-state index contributed by atoms with van der Waals surface area (Å²) in [7, 11) is -1.92. The molecule has 0 spiro atoms. The summed E-state index contributed by atoms with van der Waals surface area (Å²) in [4.78, 5) is 3.85. The Kier molecular flexibility index (Phi) is 3.37. The van der Waals surface area contributed by atoms with E-state index in [0.29, 0.717) is 12.5 Å². The molecular weight excluding hydrogens is 252 g/mol. The molecule has 2 N–H and O–H groups in total. The molecule has 0 unspecified atom stereocenters. The first kappa shape index (κ1) is 13.4.